The summed E-state index contributed by atoms with van der Waals surface area (Å²) in [7, 11) is 1.78. The summed E-state index contributed by atoms with van der Waals surface area (Å²) in [5, 5.41) is 6.93. The van der Waals surface area contributed by atoms with Crippen molar-refractivity contribution in [3.05, 3.63) is 29.3 Å². The first kappa shape index (κ1) is 22.8. The monoisotopic (exact) mass is 493 g/mol. The molecule has 1 heterocycles. The van der Waals surface area contributed by atoms with Gasteiger partial charge in [0.25, 0.3) is 0 Å². The van der Waals surface area contributed by atoms with Gasteiger partial charge in [0.1, 0.15) is 0 Å². The number of halogens is 2. The van der Waals surface area contributed by atoms with Crippen LogP contribution in [-0.2, 0) is 4.79 Å². The fraction of sp³-hybridized carbons (Fsp3) is 0.556. The molecule has 1 saturated heterocycles. The van der Waals surface area contributed by atoms with Gasteiger partial charge in [-0.3, -0.25) is 9.79 Å². The van der Waals surface area contributed by atoms with Gasteiger partial charge in [-0.15, -0.1) is 24.0 Å². The Morgan fingerprint density at radius 1 is 1.19 bits per heavy atom. The number of hydrogen-bond acceptors (Lipinski definition) is 3. The molecule has 8 heteroatoms. The standard InChI is InChI=1S/C18H28ClN5O.HI/c1-3-8-21-17(25)7-9-22-18(20-2)24-12-10-23(11-13-24)16-6-4-5-15(19)14-16;/h4-6,14H,3,7-13H2,1-2H3,(H,20,22)(H,21,25);1H. The smallest absolute Gasteiger partial charge is 0.221 e. The summed E-state index contributed by atoms with van der Waals surface area (Å²) < 4.78 is 0. The SMILES string of the molecule is CCCNC(=O)CCNC(=NC)N1CCN(c2cccc(Cl)c2)CC1.I. The van der Waals surface area contributed by atoms with E-state index in [1.165, 1.54) is 0 Å². The lowest BCUT2D eigenvalue weighted by Gasteiger charge is -2.37. The molecule has 1 aliphatic rings. The summed E-state index contributed by atoms with van der Waals surface area (Å²) in [6, 6.07) is 7.96. The van der Waals surface area contributed by atoms with Gasteiger partial charge in [-0.25, -0.2) is 0 Å². The van der Waals surface area contributed by atoms with E-state index in [2.05, 4.69) is 31.5 Å². The summed E-state index contributed by atoms with van der Waals surface area (Å²) in [5.74, 6) is 0.935. The van der Waals surface area contributed by atoms with Crippen LogP contribution >= 0.6 is 35.6 Å². The van der Waals surface area contributed by atoms with Crippen LogP contribution in [-0.4, -0.2) is 63.1 Å². The molecule has 146 valence electrons. The summed E-state index contributed by atoms with van der Waals surface area (Å²) in [6.07, 6.45) is 1.42. The lowest BCUT2D eigenvalue weighted by atomic mass is 10.2. The first-order valence-corrected chi connectivity index (χ1v) is 9.24. The second kappa shape index (κ2) is 12.2. The Kier molecular flexibility index (Phi) is 10.7. The van der Waals surface area contributed by atoms with Gasteiger partial charge in [0.15, 0.2) is 5.96 Å². The number of anilines is 1. The molecule has 26 heavy (non-hydrogen) atoms. The van der Waals surface area contributed by atoms with Gasteiger partial charge in [-0.05, 0) is 24.6 Å². The van der Waals surface area contributed by atoms with Crippen LogP contribution in [0, 0.1) is 0 Å². The third kappa shape index (κ3) is 7.19. The third-order valence-corrected chi connectivity index (χ3v) is 4.41. The number of amides is 1. The van der Waals surface area contributed by atoms with Crippen LogP contribution in [0.3, 0.4) is 0 Å². The zero-order chi connectivity index (χ0) is 18.1. The fourth-order valence-corrected chi connectivity index (χ4v) is 3.01. The van der Waals surface area contributed by atoms with E-state index in [0.717, 1.165) is 55.8 Å². The van der Waals surface area contributed by atoms with E-state index < -0.39 is 0 Å². The van der Waals surface area contributed by atoms with E-state index in [1.54, 1.807) is 7.05 Å². The highest BCUT2D eigenvalue weighted by molar-refractivity contribution is 14.0. The molecule has 0 bridgehead atoms. The Morgan fingerprint density at radius 2 is 1.92 bits per heavy atom. The molecule has 0 aliphatic carbocycles. The molecular weight excluding hydrogens is 465 g/mol. The molecule has 1 aromatic rings. The number of guanidine groups is 1. The number of carbonyl (C=O) groups excluding carboxylic acids is 1. The van der Waals surface area contributed by atoms with Crippen molar-refractivity contribution in [1.29, 1.82) is 0 Å². The minimum absolute atomic E-state index is 0. The van der Waals surface area contributed by atoms with Crippen molar-refractivity contribution in [2.45, 2.75) is 19.8 Å². The van der Waals surface area contributed by atoms with Gasteiger partial charge in [-0.1, -0.05) is 24.6 Å². The Balaban J connectivity index is 0.00000338. The number of nitrogens with zero attached hydrogens (tertiary/aromatic N) is 3. The van der Waals surface area contributed by atoms with E-state index in [-0.39, 0.29) is 29.9 Å². The first-order valence-electron chi connectivity index (χ1n) is 8.87. The maximum atomic E-state index is 11.7. The fourth-order valence-electron chi connectivity index (χ4n) is 2.82. The normalized spacial score (nSPS) is 14.7. The lowest BCUT2D eigenvalue weighted by Crippen LogP contribution is -2.52. The largest absolute Gasteiger partial charge is 0.368 e. The molecule has 0 atom stereocenters. The summed E-state index contributed by atoms with van der Waals surface area (Å²) >= 11 is 6.08. The second-order valence-electron chi connectivity index (χ2n) is 6.03. The number of rotatable bonds is 6. The first-order chi connectivity index (χ1) is 12.1. The minimum atomic E-state index is 0. The van der Waals surface area contributed by atoms with Crippen molar-refractivity contribution in [2.24, 2.45) is 4.99 Å². The van der Waals surface area contributed by atoms with Gasteiger partial charge in [-0.2, -0.15) is 0 Å². The van der Waals surface area contributed by atoms with E-state index in [0.29, 0.717) is 13.0 Å². The predicted octanol–water partition coefficient (Wildman–Crippen LogP) is 2.57. The van der Waals surface area contributed by atoms with Gasteiger partial charge >= 0.3 is 0 Å². The number of hydrogen-bond donors (Lipinski definition) is 2. The van der Waals surface area contributed by atoms with Crippen LogP contribution in [0.25, 0.3) is 0 Å². The highest BCUT2D eigenvalue weighted by atomic mass is 127. The number of piperazine rings is 1. The van der Waals surface area contributed by atoms with Crippen molar-refractivity contribution in [1.82, 2.24) is 15.5 Å². The number of benzene rings is 1. The van der Waals surface area contributed by atoms with Crippen molar-refractivity contribution in [2.75, 3.05) is 51.2 Å². The summed E-state index contributed by atoms with van der Waals surface area (Å²) in [6.45, 7) is 6.97. The van der Waals surface area contributed by atoms with Gasteiger partial charge < -0.3 is 20.4 Å². The predicted molar refractivity (Wildman–Crippen MR) is 120 cm³/mol. The molecule has 0 spiro atoms. The lowest BCUT2D eigenvalue weighted by molar-refractivity contribution is -0.120. The van der Waals surface area contributed by atoms with Gasteiger partial charge in [0.2, 0.25) is 5.91 Å². The van der Waals surface area contributed by atoms with Crippen molar-refractivity contribution >= 4 is 53.1 Å². The van der Waals surface area contributed by atoms with E-state index in [9.17, 15) is 4.79 Å². The highest BCUT2D eigenvalue weighted by Crippen LogP contribution is 2.20. The van der Waals surface area contributed by atoms with Crippen molar-refractivity contribution < 1.29 is 4.79 Å². The molecule has 2 N–H and O–H groups in total. The molecule has 1 aliphatic heterocycles. The minimum Gasteiger partial charge on any atom is -0.368 e. The highest BCUT2D eigenvalue weighted by Gasteiger charge is 2.19. The second-order valence-corrected chi connectivity index (χ2v) is 6.46. The number of aliphatic imine (C=N–C) groups is 1. The zero-order valence-corrected chi connectivity index (χ0v) is 18.6. The Morgan fingerprint density at radius 3 is 2.54 bits per heavy atom. The molecule has 0 aromatic heterocycles. The average molecular weight is 494 g/mol. The average Bonchev–Trinajstić information content (AvgIpc) is 2.64. The van der Waals surface area contributed by atoms with Gasteiger partial charge in [0, 0.05) is 63.4 Å². The molecular formula is C18H29ClIN5O. The van der Waals surface area contributed by atoms with Crippen LogP contribution in [0.1, 0.15) is 19.8 Å². The van der Waals surface area contributed by atoms with Crippen LogP contribution < -0.4 is 15.5 Å². The maximum absolute atomic E-state index is 11.7. The zero-order valence-electron chi connectivity index (χ0n) is 15.5. The van der Waals surface area contributed by atoms with Crippen molar-refractivity contribution in [3.63, 3.8) is 0 Å². The molecule has 1 aromatic carbocycles. The molecule has 2 rings (SSSR count). The molecule has 1 amide bonds. The van der Waals surface area contributed by atoms with E-state index in [4.69, 9.17) is 11.6 Å². The molecule has 1 fully saturated rings. The van der Waals surface area contributed by atoms with Crippen LogP contribution in [0.2, 0.25) is 5.02 Å². The van der Waals surface area contributed by atoms with Crippen LogP contribution in [0.4, 0.5) is 5.69 Å². The molecule has 0 saturated carbocycles. The quantitative estimate of drug-likeness (QED) is 0.363. The van der Waals surface area contributed by atoms with E-state index in [1.807, 2.05) is 25.1 Å². The maximum Gasteiger partial charge on any atom is 0.221 e. The van der Waals surface area contributed by atoms with Gasteiger partial charge in [0.05, 0.1) is 0 Å². The Hall–Kier alpha value is -1.22. The number of nitrogens with one attached hydrogen (secondary N) is 2. The Labute approximate surface area is 178 Å². The molecule has 0 unspecified atom stereocenters. The van der Waals surface area contributed by atoms with Crippen LogP contribution in [0.5, 0.6) is 0 Å². The Bertz CT molecular complexity index is 591. The topological polar surface area (TPSA) is 60.0 Å². The van der Waals surface area contributed by atoms with Crippen molar-refractivity contribution in [3.8, 4) is 0 Å². The molecule has 0 radical (unpaired) electrons. The molecule has 6 nitrogen and oxygen atoms in total. The summed E-state index contributed by atoms with van der Waals surface area (Å²) in [5.41, 5.74) is 1.16. The van der Waals surface area contributed by atoms with Crippen LogP contribution in [0.15, 0.2) is 29.3 Å². The third-order valence-electron chi connectivity index (χ3n) is 4.17. The number of carbonyl (C=O) groups is 1. The summed E-state index contributed by atoms with van der Waals surface area (Å²) in [4.78, 5) is 20.6. The van der Waals surface area contributed by atoms with E-state index >= 15 is 0 Å².